The normalized spacial score (nSPS) is 33.4. The van der Waals surface area contributed by atoms with Crippen LogP contribution in [0.3, 0.4) is 0 Å². The molecule has 2 heterocycles. The van der Waals surface area contributed by atoms with E-state index in [1.807, 2.05) is 55.4 Å². The van der Waals surface area contributed by atoms with E-state index in [4.69, 9.17) is 9.47 Å². The highest BCUT2D eigenvalue weighted by Gasteiger charge is 2.50. The van der Waals surface area contributed by atoms with Gasteiger partial charge < -0.3 is 29.9 Å². The first kappa shape index (κ1) is 31.5. The summed E-state index contributed by atoms with van der Waals surface area (Å²) < 4.78 is 12.5. The summed E-state index contributed by atoms with van der Waals surface area (Å²) in [6, 6.07) is 0. The minimum Gasteiger partial charge on any atom is -0.390 e. The molecule has 2 aliphatic heterocycles. The van der Waals surface area contributed by atoms with Crippen LogP contribution in [0.1, 0.15) is 120 Å². The van der Waals surface area contributed by atoms with Gasteiger partial charge in [0.05, 0.1) is 46.8 Å². The third-order valence-corrected chi connectivity index (χ3v) is 8.55. The minimum absolute atomic E-state index is 0.322. The van der Waals surface area contributed by atoms with Crippen LogP contribution >= 0.6 is 0 Å². The fraction of sp³-hybridized carbons (Fsp3) is 0.867. The number of aliphatic hydroxyl groups excluding tert-OH is 2. The van der Waals surface area contributed by atoms with Gasteiger partial charge in [-0.15, -0.1) is 0 Å². The molecule has 0 aromatic carbocycles. The summed E-state index contributed by atoms with van der Waals surface area (Å²) >= 11 is 0. The van der Waals surface area contributed by atoms with Gasteiger partial charge in [-0.1, -0.05) is 23.3 Å². The zero-order valence-corrected chi connectivity index (χ0v) is 24.1. The van der Waals surface area contributed by atoms with Gasteiger partial charge in [0.25, 0.3) is 0 Å². The van der Waals surface area contributed by atoms with Crippen LogP contribution in [-0.4, -0.2) is 67.2 Å². The summed E-state index contributed by atoms with van der Waals surface area (Å²) in [6.45, 7) is 15.7. The van der Waals surface area contributed by atoms with Gasteiger partial charge in [0.2, 0.25) is 0 Å². The van der Waals surface area contributed by atoms with Crippen molar-refractivity contribution in [3.05, 3.63) is 23.3 Å². The smallest absolute Gasteiger partial charge is 0.0918 e. The molecular weight excluding hydrogens is 456 g/mol. The molecular formula is C30H54O6. The lowest BCUT2D eigenvalue weighted by atomic mass is 9.86. The molecule has 2 rings (SSSR count). The fourth-order valence-electron chi connectivity index (χ4n) is 5.64. The third kappa shape index (κ3) is 8.37. The van der Waals surface area contributed by atoms with E-state index in [0.717, 1.165) is 12.8 Å². The van der Waals surface area contributed by atoms with Crippen molar-refractivity contribution in [3.63, 3.8) is 0 Å². The Hall–Kier alpha value is -0.760. The zero-order chi connectivity index (χ0) is 27.4. The Labute approximate surface area is 219 Å². The van der Waals surface area contributed by atoms with E-state index < -0.39 is 34.6 Å². The molecule has 0 amide bonds. The van der Waals surface area contributed by atoms with Gasteiger partial charge in [-0.25, -0.2) is 0 Å². The number of allylic oxidation sites excluding steroid dienone is 4. The summed E-state index contributed by atoms with van der Waals surface area (Å²) in [7, 11) is 0. The van der Waals surface area contributed by atoms with E-state index in [-0.39, 0.29) is 12.2 Å². The molecule has 0 radical (unpaired) electrons. The topological polar surface area (TPSA) is 99.4 Å². The number of rotatable bonds is 13. The largest absolute Gasteiger partial charge is 0.390 e. The fourth-order valence-corrected chi connectivity index (χ4v) is 5.64. The molecule has 210 valence electrons. The third-order valence-electron chi connectivity index (χ3n) is 8.55. The Morgan fingerprint density at radius 1 is 0.778 bits per heavy atom. The first-order chi connectivity index (χ1) is 16.5. The number of hydrogen-bond donors (Lipinski definition) is 4. The Balaban J connectivity index is 1.88. The van der Waals surface area contributed by atoms with Gasteiger partial charge in [-0.2, -0.15) is 0 Å². The molecule has 36 heavy (non-hydrogen) atoms. The van der Waals surface area contributed by atoms with E-state index in [1.54, 1.807) is 0 Å². The molecule has 0 aromatic rings. The number of hydrogen-bond acceptors (Lipinski definition) is 6. The molecule has 8 atom stereocenters. The lowest BCUT2D eigenvalue weighted by Gasteiger charge is -2.37. The molecule has 0 aliphatic carbocycles. The van der Waals surface area contributed by atoms with E-state index in [9.17, 15) is 20.4 Å². The van der Waals surface area contributed by atoms with Gasteiger partial charge >= 0.3 is 0 Å². The lowest BCUT2D eigenvalue weighted by molar-refractivity contribution is -0.172. The van der Waals surface area contributed by atoms with Gasteiger partial charge in [0, 0.05) is 0 Å². The van der Waals surface area contributed by atoms with Crippen LogP contribution in [-0.2, 0) is 9.47 Å². The summed E-state index contributed by atoms with van der Waals surface area (Å²) in [4.78, 5) is 0. The molecule has 6 heteroatoms. The van der Waals surface area contributed by atoms with Gasteiger partial charge in [-0.3, -0.25) is 0 Å². The average molecular weight is 511 g/mol. The second-order valence-electron chi connectivity index (χ2n) is 12.9. The summed E-state index contributed by atoms with van der Waals surface area (Å²) in [6.07, 6.45) is 8.40. The van der Waals surface area contributed by atoms with E-state index in [1.165, 1.54) is 11.1 Å². The average Bonchev–Trinajstić information content (AvgIpc) is 3.37. The molecule has 2 aliphatic rings. The van der Waals surface area contributed by atoms with Gasteiger partial charge in [-0.05, 0) is 120 Å². The Morgan fingerprint density at radius 3 is 1.42 bits per heavy atom. The Kier molecular flexibility index (Phi) is 10.8. The van der Waals surface area contributed by atoms with Crippen LogP contribution in [0.15, 0.2) is 23.3 Å². The predicted octanol–water partition coefficient (Wildman–Crippen LogP) is 5.36. The highest BCUT2D eigenvalue weighted by atomic mass is 16.5. The van der Waals surface area contributed by atoms with Crippen molar-refractivity contribution in [1.29, 1.82) is 0 Å². The van der Waals surface area contributed by atoms with Crippen LogP contribution in [0.5, 0.6) is 0 Å². The van der Waals surface area contributed by atoms with Crippen molar-refractivity contribution >= 4 is 0 Å². The van der Waals surface area contributed by atoms with Gasteiger partial charge in [0.15, 0.2) is 0 Å². The first-order valence-electron chi connectivity index (χ1n) is 13.9. The van der Waals surface area contributed by atoms with E-state index in [0.29, 0.717) is 51.4 Å². The van der Waals surface area contributed by atoms with Gasteiger partial charge in [0.1, 0.15) is 0 Å². The molecule has 2 saturated heterocycles. The standard InChI is InChI=1S/C30H54O6/c1-21(2)11-9-17-27(5,33)25-15-19-29(7,35-25)23(31)13-14-24(32)30(8)20-16-26(36-30)28(6,34)18-10-12-22(3)4/h11-12,23-26,31-34H,9-10,13-20H2,1-8H3/t23-,24-,25-,26-,27+,28+,29+,30+/m1/s1. The molecule has 0 aromatic heterocycles. The van der Waals surface area contributed by atoms with Crippen LogP contribution < -0.4 is 0 Å². The van der Waals surface area contributed by atoms with Crippen LogP contribution in [0.25, 0.3) is 0 Å². The van der Waals surface area contributed by atoms with Crippen molar-refractivity contribution in [3.8, 4) is 0 Å². The molecule has 0 spiro atoms. The van der Waals surface area contributed by atoms with E-state index >= 15 is 0 Å². The quantitative estimate of drug-likeness (QED) is 0.249. The molecule has 4 N–H and O–H groups in total. The van der Waals surface area contributed by atoms with Crippen LogP contribution in [0, 0.1) is 0 Å². The van der Waals surface area contributed by atoms with Crippen molar-refractivity contribution < 1.29 is 29.9 Å². The molecule has 0 bridgehead atoms. The summed E-state index contributed by atoms with van der Waals surface area (Å²) in [5.74, 6) is 0. The van der Waals surface area contributed by atoms with Crippen molar-refractivity contribution in [2.24, 2.45) is 0 Å². The van der Waals surface area contributed by atoms with E-state index in [2.05, 4.69) is 12.2 Å². The number of aliphatic hydroxyl groups is 4. The monoisotopic (exact) mass is 510 g/mol. The maximum atomic E-state index is 11.0. The van der Waals surface area contributed by atoms with Crippen molar-refractivity contribution in [2.45, 2.75) is 166 Å². The highest BCUT2D eigenvalue weighted by molar-refractivity contribution is 5.02. The SMILES string of the molecule is CC(C)=CCC[C@](C)(O)[C@H]1CC[C@@](C)([C@H](O)CC[C@@H](O)[C@]2(C)CC[C@H]([C@@](C)(O)CCC=C(C)C)O2)O1. The highest BCUT2D eigenvalue weighted by Crippen LogP contribution is 2.42. The van der Waals surface area contributed by atoms with Crippen LogP contribution in [0.4, 0.5) is 0 Å². The predicted molar refractivity (Wildman–Crippen MR) is 145 cm³/mol. The Morgan fingerprint density at radius 2 is 1.11 bits per heavy atom. The maximum absolute atomic E-state index is 11.0. The van der Waals surface area contributed by atoms with Crippen molar-refractivity contribution in [2.75, 3.05) is 0 Å². The first-order valence-corrected chi connectivity index (χ1v) is 13.9. The summed E-state index contributed by atoms with van der Waals surface area (Å²) in [5, 5.41) is 44.0. The zero-order valence-electron chi connectivity index (χ0n) is 24.1. The molecule has 0 unspecified atom stereocenters. The molecule has 0 saturated carbocycles. The molecule has 6 nitrogen and oxygen atoms in total. The minimum atomic E-state index is -0.953. The lowest BCUT2D eigenvalue weighted by Crippen LogP contribution is -2.47. The second kappa shape index (κ2) is 12.4. The number of ether oxygens (including phenoxy) is 2. The molecule has 2 fully saturated rings. The van der Waals surface area contributed by atoms with Crippen LogP contribution in [0.2, 0.25) is 0 Å². The Bertz CT molecular complexity index is 699. The maximum Gasteiger partial charge on any atom is 0.0918 e. The second-order valence-corrected chi connectivity index (χ2v) is 12.9. The van der Waals surface area contributed by atoms with Crippen molar-refractivity contribution in [1.82, 2.24) is 0 Å². The summed E-state index contributed by atoms with van der Waals surface area (Å²) in [5.41, 5.74) is -0.942.